The van der Waals surface area contributed by atoms with Crippen LogP contribution in [-0.2, 0) is 0 Å². The number of likely N-dealkylation sites (tertiary alicyclic amines) is 1. The van der Waals surface area contributed by atoms with E-state index >= 15 is 0 Å². The summed E-state index contributed by atoms with van der Waals surface area (Å²) in [5.41, 5.74) is 0.597. The number of nitrogens with zero attached hydrogens (tertiary/aromatic N) is 2. The zero-order valence-electron chi connectivity index (χ0n) is 12.2. The number of hydrogen-bond donors (Lipinski definition) is 2. The van der Waals surface area contributed by atoms with E-state index in [1.165, 1.54) is 11.3 Å². The molecule has 0 aromatic carbocycles. The molecule has 1 aliphatic heterocycles. The average molecular weight is 308 g/mol. The van der Waals surface area contributed by atoms with E-state index < -0.39 is 6.10 Å². The minimum atomic E-state index is -0.453. The second kappa shape index (κ2) is 7.05. The van der Waals surface area contributed by atoms with Gasteiger partial charge in [-0.3, -0.25) is 4.79 Å². The molecule has 114 valence electrons. The Balaban J connectivity index is 2.12. The van der Waals surface area contributed by atoms with Crippen molar-refractivity contribution < 1.29 is 15.0 Å². The van der Waals surface area contributed by atoms with Gasteiger partial charge in [0.1, 0.15) is 6.61 Å². The van der Waals surface area contributed by atoms with Gasteiger partial charge < -0.3 is 20.0 Å². The number of likely N-dealkylation sites (N-methyl/N-ethyl adjacent to an activating group) is 1. The van der Waals surface area contributed by atoms with Crippen molar-refractivity contribution >= 4 is 17.2 Å². The largest absolute Gasteiger partial charge is 0.391 e. The van der Waals surface area contributed by atoms with Gasteiger partial charge in [-0.05, 0) is 26.6 Å². The number of aliphatic hydroxyl groups excluding tert-OH is 2. The second-order valence-electron chi connectivity index (χ2n) is 5.42. The lowest BCUT2D eigenvalue weighted by molar-refractivity contribution is 0.0699. The molecule has 2 N–H and O–H groups in total. The Kier molecular flexibility index (Phi) is 5.37. The van der Waals surface area contributed by atoms with Gasteiger partial charge >= 0.3 is 0 Å². The number of rotatable bonds is 3. The molecule has 0 saturated carbocycles. The van der Waals surface area contributed by atoms with E-state index in [1.54, 1.807) is 16.3 Å². The number of hydrogen-bond acceptors (Lipinski definition) is 5. The molecule has 0 radical (unpaired) electrons. The number of β-amino-alcohol motifs (C(OH)–C–C–N with tert-alkyl or cyclic N) is 1. The molecule has 1 aromatic rings. The third-order valence-corrected chi connectivity index (χ3v) is 4.21. The topological polar surface area (TPSA) is 64.0 Å². The van der Waals surface area contributed by atoms with Crippen LogP contribution in [0.25, 0.3) is 0 Å². The van der Waals surface area contributed by atoms with Crippen LogP contribution < -0.4 is 0 Å². The molecule has 2 rings (SSSR count). The Morgan fingerprint density at radius 1 is 1.57 bits per heavy atom. The average Bonchev–Trinajstić information content (AvgIpc) is 3.02. The predicted molar refractivity (Wildman–Crippen MR) is 82.3 cm³/mol. The first-order chi connectivity index (χ1) is 10.0. The molecule has 2 heterocycles. The Bertz CT molecular complexity index is 559. The maximum absolute atomic E-state index is 12.6. The molecule has 2 unspecified atom stereocenters. The van der Waals surface area contributed by atoms with Crippen LogP contribution in [0.4, 0.5) is 0 Å². The zero-order chi connectivity index (χ0) is 15.4. The fraction of sp³-hybridized carbons (Fsp3) is 0.533. The summed E-state index contributed by atoms with van der Waals surface area (Å²) in [4.78, 5) is 17.1. The monoisotopic (exact) mass is 308 g/mol. The Morgan fingerprint density at radius 3 is 3.00 bits per heavy atom. The zero-order valence-corrected chi connectivity index (χ0v) is 13.1. The number of aliphatic hydroxyl groups is 2. The van der Waals surface area contributed by atoms with E-state index in [-0.39, 0.29) is 18.6 Å². The van der Waals surface area contributed by atoms with Gasteiger partial charge in [-0.25, -0.2) is 0 Å². The van der Waals surface area contributed by atoms with Crippen molar-refractivity contribution in [2.24, 2.45) is 0 Å². The normalized spacial score (nSPS) is 21.5. The van der Waals surface area contributed by atoms with E-state index in [0.29, 0.717) is 18.5 Å². The first-order valence-electron chi connectivity index (χ1n) is 6.83. The summed E-state index contributed by atoms with van der Waals surface area (Å²) >= 11 is 1.39. The van der Waals surface area contributed by atoms with Crippen molar-refractivity contribution in [2.75, 3.05) is 33.8 Å². The highest BCUT2D eigenvalue weighted by atomic mass is 32.1. The lowest BCUT2D eigenvalue weighted by Crippen LogP contribution is -2.41. The molecule has 1 aliphatic rings. The highest BCUT2D eigenvalue weighted by Gasteiger charge is 2.35. The maximum atomic E-state index is 12.6. The van der Waals surface area contributed by atoms with Crippen LogP contribution in [0.15, 0.2) is 11.4 Å². The highest BCUT2D eigenvalue weighted by Crippen LogP contribution is 2.23. The van der Waals surface area contributed by atoms with E-state index in [2.05, 4.69) is 11.8 Å². The fourth-order valence-electron chi connectivity index (χ4n) is 2.54. The number of carbonyl (C=O) groups is 1. The summed E-state index contributed by atoms with van der Waals surface area (Å²) in [6.07, 6.45) is 0.164. The van der Waals surface area contributed by atoms with Gasteiger partial charge in [-0.1, -0.05) is 11.8 Å². The highest BCUT2D eigenvalue weighted by molar-refractivity contribution is 7.10. The number of amides is 1. The Morgan fingerprint density at radius 2 is 2.33 bits per heavy atom. The molecule has 1 fully saturated rings. The lowest BCUT2D eigenvalue weighted by Gasteiger charge is -2.26. The van der Waals surface area contributed by atoms with Crippen molar-refractivity contribution in [1.82, 2.24) is 9.80 Å². The second-order valence-corrected chi connectivity index (χ2v) is 6.33. The summed E-state index contributed by atoms with van der Waals surface area (Å²) in [6, 6.07) is 1.78. The molecule has 1 amide bonds. The molecule has 21 heavy (non-hydrogen) atoms. The number of carbonyl (C=O) groups excluding carboxylic acids is 1. The lowest BCUT2D eigenvalue weighted by atomic mass is 10.2. The third-order valence-electron chi connectivity index (χ3n) is 3.37. The van der Waals surface area contributed by atoms with E-state index in [1.807, 2.05) is 19.0 Å². The van der Waals surface area contributed by atoms with Crippen molar-refractivity contribution in [3.8, 4) is 11.8 Å². The van der Waals surface area contributed by atoms with Crippen LogP contribution in [-0.4, -0.2) is 71.9 Å². The molecular formula is C15H20N2O3S. The third kappa shape index (κ3) is 4.05. The van der Waals surface area contributed by atoms with Gasteiger partial charge in [0.05, 0.1) is 16.5 Å². The van der Waals surface area contributed by atoms with Crippen LogP contribution in [0.1, 0.15) is 21.7 Å². The van der Waals surface area contributed by atoms with Gasteiger partial charge in [0.15, 0.2) is 0 Å². The maximum Gasteiger partial charge on any atom is 0.255 e. The summed E-state index contributed by atoms with van der Waals surface area (Å²) in [6.45, 7) is 0.930. The van der Waals surface area contributed by atoms with Crippen molar-refractivity contribution in [3.05, 3.63) is 21.9 Å². The van der Waals surface area contributed by atoms with E-state index in [4.69, 9.17) is 5.11 Å². The fourth-order valence-corrected chi connectivity index (χ4v) is 3.29. The SMILES string of the molecule is CN(C)CC1CC(O)CN1C(=O)c1csc(C#CCO)c1. The minimum absolute atomic E-state index is 0.0365. The van der Waals surface area contributed by atoms with Crippen molar-refractivity contribution in [2.45, 2.75) is 18.6 Å². The summed E-state index contributed by atoms with van der Waals surface area (Å²) in [5.74, 6) is 5.31. The molecule has 1 aromatic heterocycles. The van der Waals surface area contributed by atoms with Crippen molar-refractivity contribution in [3.63, 3.8) is 0 Å². The minimum Gasteiger partial charge on any atom is -0.391 e. The van der Waals surface area contributed by atoms with Crippen LogP contribution in [0.3, 0.4) is 0 Å². The first-order valence-corrected chi connectivity index (χ1v) is 7.71. The first kappa shape index (κ1) is 16.0. The van der Waals surface area contributed by atoms with Gasteiger partial charge in [0.2, 0.25) is 0 Å². The van der Waals surface area contributed by atoms with Gasteiger partial charge in [0.25, 0.3) is 5.91 Å². The standard InChI is InChI=1S/C15H20N2O3S/c1-16(2)8-12-7-13(19)9-17(12)15(20)11-6-14(21-10-11)4-3-5-18/h6,10,12-13,18-19H,5,7-9H2,1-2H3. The molecule has 0 bridgehead atoms. The Labute approximate surface area is 128 Å². The number of thiophene rings is 1. The summed E-state index contributed by atoms with van der Waals surface area (Å²) in [7, 11) is 3.92. The molecular weight excluding hydrogens is 288 g/mol. The predicted octanol–water partition coefficient (Wildman–Crippen LogP) is 0.229. The van der Waals surface area contributed by atoms with Crippen LogP contribution in [0.5, 0.6) is 0 Å². The summed E-state index contributed by atoms with van der Waals surface area (Å²) < 4.78 is 0. The van der Waals surface area contributed by atoms with Crippen LogP contribution in [0.2, 0.25) is 0 Å². The Hall–Kier alpha value is -1.39. The quantitative estimate of drug-likeness (QED) is 0.785. The molecule has 2 atom stereocenters. The van der Waals surface area contributed by atoms with E-state index in [9.17, 15) is 9.90 Å². The molecule has 0 spiro atoms. The van der Waals surface area contributed by atoms with Gasteiger partial charge in [-0.15, -0.1) is 11.3 Å². The molecule has 6 heteroatoms. The molecule has 5 nitrogen and oxygen atoms in total. The van der Waals surface area contributed by atoms with E-state index in [0.717, 1.165) is 11.4 Å². The van der Waals surface area contributed by atoms with Gasteiger partial charge in [-0.2, -0.15) is 0 Å². The summed E-state index contributed by atoms with van der Waals surface area (Å²) in [5, 5.41) is 20.3. The van der Waals surface area contributed by atoms with Crippen LogP contribution in [0, 0.1) is 11.8 Å². The van der Waals surface area contributed by atoms with Crippen LogP contribution >= 0.6 is 11.3 Å². The molecule has 0 aliphatic carbocycles. The van der Waals surface area contributed by atoms with Gasteiger partial charge in [0, 0.05) is 24.5 Å². The van der Waals surface area contributed by atoms with Crippen molar-refractivity contribution in [1.29, 1.82) is 0 Å². The molecule has 1 saturated heterocycles. The smallest absolute Gasteiger partial charge is 0.255 e.